The summed E-state index contributed by atoms with van der Waals surface area (Å²) in [6.45, 7) is -0.106. The normalized spacial score (nSPS) is 11.4. The minimum Gasteiger partial charge on any atom is -0.350 e. The average Bonchev–Trinajstić information content (AvgIpc) is 2.62. The molecule has 0 aliphatic carbocycles. The Morgan fingerprint density at radius 3 is 2.50 bits per heavy atom. The van der Waals surface area contributed by atoms with Gasteiger partial charge >= 0.3 is 0 Å². The largest absolute Gasteiger partial charge is 0.350 e. The zero-order chi connectivity index (χ0) is 18.7. The third kappa shape index (κ3) is 3.92. The van der Waals surface area contributed by atoms with Crippen LogP contribution in [0.15, 0.2) is 58.2 Å². The highest BCUT2D eigenvalue weighted by Gasteiger charge is 2.10. The summed E-state index contributed by atoms with van der Waals surface area (Å²) in [5.41, 5.74) is 0.745. The molecule has 1 aromatic heterocycles. The van der Waals surface area contributed by atoms with Crippen LogP contribution in [0, 0.1) is 0 Å². The van der Waals surface area contributed by atoms with Crippen molar-refractivity contribution in [3.63, 3.8) is 0 Å². The number of sulfonamides is 1. The first kappa shape index (κ1) is 17.7. The van der Waals surface area contributed by atoms with Crippen LogP contribution in [-0.4, -0.2) is 29.3 Å². The van der Waals surface area contributed by atoms with Gasteiger partial charge in [0.2, 0.25) is 15.9 Å². The number of primary sulfonamides is 1. The molecule has 1 heterocycles. The van der Waals surface area contributed by atoms with E-state index in [1.165, 1.54) is 12.1 Å². The lowest BCUT2D eigenvalue weighted by Crippen LogP contribution is -2.34. The molecule has 0 unspecified atom stereocenters. The molecular weight excluding hydrogens is 358 g/mol. The van der Waals surface area contributed by atoms with E-state index in [0.29, 0.717) is 16.5 Å². The Balaban J connectivity index is 1.66. The Morgan fingerprint density at radius 2 is 1.81 bits per heavy atom. The van der Waals surface area contributed by atoms with Crippen LogP contribution in [0.4, 0.5) is 0 Å². The number of nitrogens with one attached hydrogen (secondary N) is 1. The van der Waals surface area contributed by atoms with E-state index in [1.54, 1.807) is 36.4 Å². The number of carbonyl (C=O) groups excluding carboxylic acids is 1. The monoisotopic (exact) mass is 373 g/mol. The number of benzene rings is 2. The van der Waals surface area contributed by atoms with Crippen molar-refractivity contribution in [1.29, 1.82) is 0 Å². The molecule has 1 amide bonds. The highest BCUT2D eigenvalue weighted by molar-refractivity contribution is 7.89. The molecule has 0 fully saturated rings. The second-order valence-electron chi connectivity index (χ2n) is 5.54. The SMILES string of the molecule is NS(=O)(=O)c1ccc(CNC(=O)Cn2nnc3ccccc3c2=O)cc1. The standard InChI is InChI=1S/C16H15N5O4S/c17-26(24,25)12-7-5-11(6-8-12)9-18-15(22)10-21-16(23)13-3-1-2-4-14(13)19-20-21/h1-8H,9-10H2,(H,18,22)(H2,17,24,25). The lowest BCUT2D eigenvalue weighted by atomic mass is 10.2. The van der Waals surface area contributed by atoms with Crippen LogP contribution < -0.4 is 16.0 Å². The fourth-order valence-electron chi connectivity index (χ4n) is 2.32. The van der Waals surface area contributed by atoms with Crippen LogP contribution in [0.3, 0.4) is 0 Å². The molecule has 26 heavy (non-hydrogen) atoms. The smallest absolute Gasteiger partial charge is 0.278 e. The van der Waals surface area contributed by atoms with Gasteiger partial charge in [0.1, 0.15) is 12.1 Å². The Hall–Kier alpha value is -3.11. The van der Waals surface area contributed by atoms with E-state index in [1.807, 2.05) is 0 Å². The molecule has 0 aliphatic rings. The zero-order valence-corrected chi connectivity index (χ0v) is 14.3. The first-order valence-corrected chi connectivity index (χ1v) is 9.10. The van der Waals surface area contributed by atoms with Crippen molar-refractivity contribution < 1.29 is 13.2 Å². The first-order valence-electron chi connectivity index (χ1n) is 7.55. The van der Waals surface area contributed by atoms with Crippen molar-refractivity contribution >= 4 is 26.8 Å². The van der Waals surface area contributed by atoms with Crippen LogP contribution in [0.2, 0.25) is 0 Å². The van der Waals surface area contributed by atoms with Crippen LogP contribution >= 0.6 is 0 Å². The molecule has 0 saturated carbocycles. The summed E-state index contributed by atoms with van der Waals surface area (Å²) in [6, 6.07) is 12.5. The van der Waals surface area contributed by atoms with E-state index in [9.17, 15) is 18.0 Å². The van der Waals surface area contributed by atoms with E-state index in [0.717, 1.165) is 4.68 Å². The van der Waals surface area contributed by atoms with Gasteiger partial charge in [-0.1, -0.05) is 29.5 Å². The number of nitrogens with zero attached hydrogens (tertiary/aromatic N) is 3. The summed E-state index contributed by atoms with van der Waals surface area (Å²) in [5, 5.41) is 15.7. The fourth-order valence-corrected chi connectivity index (χ4v) is 2.83. The van der Waals surface area contributed by atoms with Crippen molar-refractivity contribution in [3.05, 3.63) is 64.4 Å². The third-order valence-electron chi connectivity index (χ3n) is 3.66. The Kier molecular flexibility index (Phi) is 4.78. The number of fused-ring (bicyclic) bond motifs is 1. The van der Waals surface area contributed by atoms with Crippen LogP contribution in [0.25, 0.3) is 10.9 Å². The van der Waals surface area contributed by atoms with Gasteiger partial charge in [0.25, 0.3) is 5.56 Å². The zero-order valence-electron chi connectivity index (χ0n) is 13.5. The molecule has 2 aromatic carbocycles. The fraction of sp³-hybridized carbons (Fsp3) is 0.125. The minimum absolute atomic E-state index is 0.00873. The number of amides is 1. The number of aromatic nitrogens is 3. The number of nitrogens with two attached hydrogens (primary N) is 1. The molecular formula is C16H15N5O4S. The average molecular weight is 373 g/mol. The molecule has 10 heteroatoms. The van der Waals surface area contributed by atoms with Gasteiger partial charge in [0.15, 0.2) is 0 Å². The Morgan fingerprint density at radius 1 is 1.12 bits per heavy atom. The quantitative estimate of drug-likeness (QED) is 0.633. The molecule has 0 saturated heterocycles. The predicted molar refractivity (Wildman–Crippen MR) is 93.5 cm³/mol. The van der Waals surface area contributed by atoms with Gasteiger partial charge in [-0.15, -0.1) is 5.10 Å². The molecule has 0 aliphatic heterocycles. The second kappa shape index (κ2) is 7.02. The lowest BCUT2D eigenvalue weighted by Gasteiger charge is -2.07. The van der Waals surface area contributed by atoms with Crippen molar-refractivity contribution in [3.8, 4) is 0 Å². The topological polar surface area (TPSA) is 137 Å². The molecule has 0 radical (unpaired) electrons. The van der Waals surface area contributed by atoms with Crippen molar-refractivity contribution in [1.82, 2.24) is 20.3 Å². The van der Waals surface area contributed by atoms with Gasteiger partial charge in [-0.05, 0) is 29.8 Å². The van der Waals surface area contributed by atoms with Gasteiger partial charge in [-0.2, -0.15) is 0 Å². The van der Waals surface area contributed by atoms with Gasteiger partial charge in [-0.3, -0.25) is 9.59 Å². The van der Waals surface area contributed by atoms with Crippen molar-refractivity contribution in [2.24, 2.45) is 5.14 Å². The van der Waals surface area contributed by atoms with Crippen molar-refractivity contribution in [2.45, 2.75) is 18.0 Å². The summed E-state index contributed by atoms with van der Waals surface area (Å²) in [7, 11) is -3.75. The van der Waals surface area contributed by atoms with Crippen LogP contribution in [0.1, 0.15) is 5.56 Å². The maximum Gasteiger partial charge on any atom is 0.278 e. The molecule has 9 nitrogen and oxygen atoms in total. The maximum atomic E-state index is 12.3. The first-order chi connectivity index (χ1) is 12.3. The van der Waals surface area contributed by atoms with E-state index >= 15 is 0 Å². The van der Waals surface area contributed by atoms with Gasteiger partial charge in [-0.25, -0.2) is 18.2 Å². The molecule has 0 bridgehead atoms. The predicted octanol–water partition coefficient (Wildman–Crippen LogP) is -0.245. The molecule has 3 N–H and O–H groups in total. The van der Waals surface area contributed by atoms with Gasteiger partial charge < -0.3 is 5.32 Å². The van der Waals surface area contributed by atoms with E-state index < -0.39 is 21.5 Å². The van der Waals surface area contributed by atoms with Gasteiger partial charge in [0.05, 0.1) is 10.3 Å². The summed E-state index contributed by atoms with van der Waals surface area (Å²) < 4.78 is 23.4. The molecule has 134 valence electrons. The van der Waals surface area contributed by atoms with E-state index in [2.05, 4.69) is 15.6 Å². The third-order valence-corrected chi connectivity index (χ3v) is 4.59. The molecule has 0 spiro atoms. The number of rotatable bonds is 5. The summed E-state index contributed by atoms with van der Waals surface area (Å²) in [6.07, 6.45) is 0. The summed E-state index contributed by atoms with van der Waals surface area (Å²) in [5.74, 6) is -0.424. The lowest BCUT2D eigenvalue weighted by molar-refractivity contribution is -0.122. The molecule has 3 aromatic rings. The number of hydrogen-bond donors (Lipinski definition) is 2. The van der Waals surface area contributed by atoms with Crippen LogP contribution in [0.5, 0.6) is 0 Å². The van der Waals surface area contributed by atoms with Gasteiger partial charge in [0, 0.05) is 6.54 Å². The van der Waals surface area contributed by atoms with Crippen LogP contribution in [-0.2, 0) is 27.9 Å². The maximum absolute atomic E-state index is 12.3. The number of hydrogen-bond acceptors (Lipinski definition) is 6. The van der Waals surface area contributed by atoms with Crippen molar-refractivity contribution in [2.75, 3.05) is 0 Å². The van der Waals surface area contributed by atoms with E-state index in [-0.39, 0.29) is 18.0 Å². The summed E-state index contributed by atoms with van der Waals surface area (Å²) >= 11 is 0. The van der Waals surface area contributed by atoms with E-state index in [4.69, 9.17) is 5.14 Å². The number of carbonyl (C=O) groups is 1. The second-order valence-corrected chi connectivity index (χ2v) is 7.10. The molecule has 3 rings (SSSR count). The molecule has 0 atom stereocenters. The summed E-state index contributed by atoms with van der Waals surface area (Å²) in [4.78, 5) is 24.3. The minimum atomic E-state index is -3.75. The highest BCUT2D eigenvalue weighted by atomic mass is 32.2. The highest BCUT2D eigenvalue weighted by Crippen LogP contribution is 2.08. The Labute approximate surface area is 148 Å². The Bertz CT molecular complexity index is 1120.